The van der Waals surface area contributed by atoms with Crippen molar-refractivity contribution in [3.8, 4) is 0 Å². The van der Waals surface area contributed by atoms with Crippen LogP contribution < -0.4 is 5.32 Å². The molecule has 1 amide bonds. The van der Waals surface area contributed by atoms with E-state index in [9.17, 15) is 9.18 Å². The fourth-order valence-corrected chi connectivity index (χ4v) is 1.93. The number of hydrogen-bond donors (Lipinski definition) is 1. The summed E-state index contributed by atoms with van der Waals surface area (Å²) in [6.07, 6.45) is 0.682. The van der Waals surface area contributed by atoms with Crippen LogP contribution >= 0.6 is 11.6 Å². The molecule has 1 unspecified atom stereocenters. The third-order valence-electron chi connectivity index (χ3n) is 2.71. The summed E-state index contributed by atoms with van der Waals surface area (Å²) in [5.41, 5.74) is 0.279. The van der Waals surface area contributed by atoms with Crippen molar-refractivity contribution in [1.82, 2.24) is 4.90 Å². The fraction of sp³-hybridized carbons (Fsp3) is 0.364. The molecule has 1 aromatic carbocycles. The molecule has 16 heavy (non-hydrogen) atoms. The first kappa shape index (κ1) is 11.2. The van der Waals surface area contributed by atoms with Crippen molar-refractivity contribution in [3.05, 3.63) is 29.0 Å². The Labute approximate surface area is 98.2 Å². The number of amides is 1. The van der Waals surface area contributed by atoms with Crippen molar-refractivity contribution in [1.29, 1.82) is 0 Å². The maximum absolute atomic E-state index is 13.6. The maximum atomic E-state index is 13.6. The minimum Gasteiger partial charge on any atom is -0.371 e. The lowest BCUT2D eigenvalue weighted by Gasteiger charge is -2.14. The first-order valence-corrected chi connectivity index (χ1v) is 5.43. The first-order chi connectivity index (χ1) is 7.59. The molecule has 0 aromatic heterocycles. The molecular weight excluding hydrogens is 231 g/mol. The van der Waals surface area contributed by atoms with Gasteiger partial charge in [-0.05, 0) is 18.6 Å². The number of nitrogens with zero attached hydrogens (tertiary/aromatic N) is 1. The summed E-state index contributed by atoms with van der Waals surface area (Å²) < 4.78 is 13.6. The van der Waals surface area contributed by atoms with E-state index >= 15 is 0 Å². The lowest BCUT2D eigenvalue weighted by atomic mass is 10.2. The Balaban J connectivity index is 2.16. The van der Waals surface area contributed by atoms with Gasteiger partial charge in [0.25, 0.3) is 0 Å². The minimum atomic E-state index is -0.508. The van der Waals surface area contributed by atoms with Gasteiger partial charge in [0.05, 0.1) is 10.7 Å². The Morgan fingerprint density at radius 3 is 2.94 bits per heavy atom. The van der Waals surface area contributed by atoms with Gasteiger partial charge in [0, 0.05) is 13.6 Å². The number of likely N-dealkylation sites (tertiary alicyclic amines) is 1. The van der Waals surface area contributed by atoms with Crippen LogP contribution in [0, 0.1) is 5.82 Å². The largest absolute Gasteiger partial charge is 0.371 e. The van der Waals surface area contributed by atoms with Gasteiger partial charge in [0.1, 0.15) is 6.04 Å². The van der Waals surface area contributed by atoms with E-state index in [1.165, 1.54) is 6.07 Å². The number of likely N-dealkylation sites (N-methyl/N-ethyl adjacent to an activating group) is 1. The molecule has 1 aromatic rings. The molecule has 2 rings (SSSR count). The van der Waals surface area contributed by atoms with Crippen molar-refractivity contribution >= 4 is 23.2 Å². The summed E-state index contributed by atoms with van der Waals surface area (Å²) in [6.45, 7) is 0.693. The van der Waals surface area contributed by atoms with Crippen molar-refractivity contribution in [2.45, 2.75) is 12.5 Å². The zero-order valence-electron chi connectivity index (χ0n) is 8.84. The van der Waals surface area contributed by atoms with Gasteiger partial charge >= 0.3 is 0 Å². The van der Waals surface area contributed by atoms with E-state index in [2.05, 4.69) is 5.32 Å². The Hall–Kier alpha value is -1.29. The van der Waals surface area contributed by atoms with Crippen LogP contribution in [-0.4, -0.2) is 30.4 Å². The number of hydrogen-bond acceptors (Lipinski definition) is 2. The van der Waals surface area contributed by atoms with Gasteiger partial charge in [-0.2, -0.15) is 0 Å². The van der Waals surface area contributed by atoms with Crippen LogP contribution in [0.3, 0.4) is 0 Å². The molecule has 86 valence electrons. The summed E-state index contributed by atoms with van der Waals surface area (Å²) in [7, 11) is 1.73. The Kier molecular flexibility index (Phi) is 3.01. The summed E-state index contributed by atoms with van der Waals surface area (Å²) in [5.74, 6) is -0.522. The van der Waals surface area contributed by atoms with Crippen molar-refractivity contribution in [2.75, 3.05) is 18.9 Å². The van der Waals surface area contributed by atoms with E-state index in [1.807, 2.05) is 0 Å². The number of benzene rings is 1. The van der Waals surface area contributed by atoms with Crippen LogP contribution in [0.5, 0.6) is 0 Å². The highest BCUT2D eigenvalue weighted by molar-refractivity contribution is 6.31. The Morgan fingerprint density at radius 2 is 2.31 bits per heavy atom. The minimum absolute atomic E-state index is 0.0145. The SMILES string of the molecule is CN1CCC(Nc2cccc(Cl)c2F)C1=O. The Morgan fingerprint density at radius 1 is 1.56 bits per heavy atom. The molecule has 1 atom stereocenters. The smallest absolute Gasteiger partial charge is 0.244 e. The molecule has 3 nitrogen and oxygen atoms in total. The summed E-state index contributed by atoms with van der Waals surface area (Å²) in [6, 6.07) is 4.35. The van der Waals surface area contributed by atoms with Crippen LogP contribution in [0.25, 0.3) is 0 Å². The number of nitrogens with one attached hydrogen (secondary N) is 1. The first-order valence-electron chi connectivity index (χ1n) is 5.05. The van der Waals surface area contributed by atoms with Crippen LogP contribution in [0.15, 0.2) is 18.2 Å². The summed E-state index contributed by atoms with van der Waals surface area (Å²) >= 11 is 5.65. The number of carbonyl (C=O) groups excluding carboxylic acids is 1. The average molecular weight is 243 g/mol. The highest BCUT2D eigenvalue weighted by Crippen LogP contribution is 2.24. The quantitative estimate of drug-likeness (QED) is 0.862. The molecule has 1 heterocycles. The topological polar surface area (TPSA) is 32.3 Å². The van der Waals surface area contributed by atoms with Crippen LogP contribution in [0.4, 0.5) is 10.1 Å². The molecule has 0 aliphatic carbocycles. The van der Waals surface area contributed by atoms with E-state index < -0.39 is 5.82 Å². The second kappa shape index (κ2) is 4.29. The maximum Gasteiger partial charge on any atom is 0.244 e. The molecule has 1 saturated heterocycles. The van der Waals surface area contributed by atoms with Crippen molar-refractivity contribution in [2.24, 2.45) is 0 Å². The van der Waals surface area contributed by atoms with Gasteiger partial charge in [-0.15, -0.1) is 0 Å². The molecule has 0 radical (unpaired) electrons. The van der Waals surface area contributed by atoms with Gasteiger partial charge in [-0.25, -0.2) is 4.39 Å². The number of anilines is 1. The number of rotatable bonds is 2. The lowest BCUT2D eigenvalue weighted by Crippen LogP contribution is -2.31. The normalized spacial score (nSPS) is 20.3. The zero-order chi connectivity index (χ0) is 11.7. The zero-order valence-corrected chi connectivity index (χ0v) is 9.59. The van der Waals surface area contributed by atoms with E-state index in [0.29, 0.717) is 13.0 Å². The standard InChI is InChI=1S/C11H12ClFN2O/c1-15-6-5-9(11(15)16)14-8-4-2-3-7(12)10(8)13/h2-4,9,14H,5-6H2,1H3. The molecule has 0 spiro atoms. The highest BCUT2D eigenvalue weighted by atomic mass is 35.5. The van der Waals surface area contributed by atoms with Crippen molar-refractivity contribution < 1.29 is 9.18 Å². The molecule has 1 aliphatic rings. The third kappa shape index (κ3) is 1.97. The van der Waals surface area contributed by atoms with Gasteiger partial charge < -0.3 is 10.2 Å². The lowest BCUT2D eigenvalue weighted by molar-refractivity contribution is -0.127. The molecule has 0 bridgehead atoms. The summed E-state index contributed by atoms with van der Waals surface area (Å²) in [5, 5.41) is 2.94. The van der Waals surface area contributed by atoms with Crippen LogP contribution in [0.2, 0.25) is 5.02 Å². The second-order valence-corrected chi connectivity index (χ2v) is 4.25. The third-order valence-corrected chi connectivity index (χ3v) is 3.00. The average Bonchev–Trinajstić information content (AvgIpc) is 2.57. The fourth-order valence-electron chi connectivity index (χ4n) is 1.76. The van der Waals surface area contributed by atoms with E-state index in [4.69, 9.17) is 11.6 Å². The number of halogens is 2. The number of carbonyl (C=O) groups is 1. The second-order valence-electron chi connectivity index (χ2n) is 3.85. The van der Waals surface area contributed by atoms with E-state index in [0.717, 1.165) is 0 Å². The van der Waals surface area contributed by atoms with Crippen LogP contribution in [-0.2, 0) is 4.79 Å². The molecule has 1 aliphatic heterocycles. The molecule has 0 saturated carbocycles. The monoisotopic (exact) mass is 242 g/mol. The molecule has 1 fully saturated rings. The molecule has 1 N–H and O–H groups in total. The molecule has 5 heteroatoms. The highest BCUT2D eigenvalue weighted by Gasteiger charge is 2.29. The predicted octanol–water partition coefficient (Wildman–Crippen LogP) is 2.12. The van der Waals surface area contributed by atoms with E-state index in [1.54, 1.807) is 24.1 Å². The van der Waals surface area contributed by atoms with Crippen LogP contribution in [0.1, 0.15) is 6.42 Å². The van der Waals surface area contributed by atoms with Gasteiger partial charge in [-0.1, -0.05) is 17.7 Å². The van der Waals surface area contributed by atoms with Gasteiger partial charge in [0.2, 0.25) is 5.91 Å². The summed E-state index contributed by atoms with van der Waals surface area (Å²) in [4.78, 5) is 13.2. The molecular formula is C11H12ClFN2O. The Bertz CT molecular complexity index is 424. The predicted molar refractivity (Wildman–Crippen MR) is 61.1 cm³/mol. The van der Waals surface area contributed by atoms with Crippen molar-refractivity contribution in [3.63, 3.8) is 0 Å². The van der Waals surface area contributed by atoms with E-state index in [-0.39, 0.29) is 22.7 Å². The van der Waals surface area contributed by atoms with Gasteiger partial charge in [-0.3, -0.25) is 4.79 Å². The van der Waals surface area contributed by atoms with Gasteiger partial charge in [0.15, 0.2) is 5.82 Å².